The molecule has 0 spiro atoms. The summed E-state index contributed by atoms with van der Waals surface area (Å²) in [6, 6.07) is 26.4. The molecule has 3 aromatic rings. The van der Waals surface area contributed by atoms with Crippen LogP contribution in [0.25, 0.3) is 0 Å². The zero-order valence-electron chi connectivity index (χ0n) is 17.0. The molecular weight excluding hydrogens is 390 g/mol. The Morgan fingerprint density at radius 3 is 2.33 bits per heavy atom. The maximum atomic E-state index is 11.9. The summed E-state index contributed by atoms with van der Waals surface area (Å²) in [6.45, 7) is 2.91. The largest absolute Gasteiger partial charge is 0.352 e. The Morgan fingerprint density at radius 2 is 1.67 bits per heavy atom. The molecule has 0 aliphatic carbocycles. The monoisotopic (exact) mass is 415 g/mol. The minimum absolute atomic E-state index is 0.0473. The van der Waals surface area contributed by atoms with E-state index in [2.05, 4.69) is 47.9 Å². The van der Waals surface area contributed by atoms with E-state index in [1.807, 2.05) is 53.4 Å². The molecule has 152 valence electrons. The van der Waals surface area contributed by atoms with Crippen LogP contribution in [0.5, 0.6) is 0 Å². The van der Waals surface area contributed by atoms with Crippen molar-refractivity contribution in [2.24, 2.45) is 0 Å². The molecule has 0 bridgehead atoms. The second-order valence-corrected chi connectivity index (χ2v) is 7.90. The van der Waals surface area contributed by atoms with Crippen LogP contribution in [-0.2, 0) is 4.79 Å². The van der Waals surface area contributed by atoms with Gasteiger partial charge in [-0.05, 0) is 66.5 Å². The first-order valence-corrected chi connectivity index (χ1v) is 10.6. The van der Waals surface area contributed by atoms with E-state index in [9.17, 15) is 4.79 Å². The second kappa shape index (κ2) is 9.09. The van der Waals surface area contributed by atoms with E-state index >= 15 is 0 Å². The van der Waals surface area contributed by atoms with Crippen LogP contribution >= 0.6 is 12.2 Å². The number of hydrogen-bond acceptors (Lipinski definition) is 2. The summed E-state index contributed by atoms with van der Waals surface area (Å²) >= 11 is 5.63. The Hall–Kier alpha value is -3.18. The van der Waals surface area contributed by atoms with E-state index < -0.39 is 0 Å². The number of aryl methyl sites for hydroxylation is 1. The maximum Gasteiger partial charge on any atom is 0.227 e. The molecule has 0 radical (unpaired) electrons. The number of nitrogens with one attached hydrogen (secondary N) is 2. The molecule has 5 heteroatoms. The van der Waals surface area contributed by atoms with E-state index in [1.165, 1.54) is 11.1 Å². The van der Waals surface area contributed by atoms with Gasteiger partial charge in [0.05, 0.1) is 6.04 Å². The lowest BCUT2D eigenvalue weighted by Gasteiger charge is -2.23. The number of amides is 1. The van der Waals surface area contributed by atoms with E-state index in [0.29, 0.717) is 11.5 Å². The van der Waals surface area contributed by atoms with Gasteiger partial charge in [-0.3, -0.25) is 4.79 Å². The molecule has 30 heavy (non-hydrogen) atoms. The Bertz CT molecular complexity index is 1030. The Labute approximate surface area is 182 Å². The molecule has 1 amide bonds. The van der Waals surface area contributed by atoms with Crippen molar-refractivity contribution in [2.75, 3.05) is 16.8 Å². The van der Waals surface area contributed by atoms with E-state index in [4.69, 9.17) is 12.2 Å². The molecule has 1 atom stereocenters. The number of thiocarbonyl (C=S) groups is 1. The van der Waals surface area contributed by atoms with Crippen LogP contribution in [0.15, 0.2) is 78.9 Å². The van der Waals surface area contributed by atoms with Crippen LogP contribution in [-0.4, -0.2) is 17.6 Å². The summed E-state index contributed by atoms with van der Waals surface area (Å²) in [5.41, 5.74) is 5.37. The number of nitrogens with zero attached hydrogens (tertiary/aromatic N) is 1. The number of hydrogen-bond donors (Lipinski definition) is 2. The molecule has 1 heterocycles. The van der Waals surface area contributed by atoms with Gasteiger partial charge >= 0.3 is 0 Å². The minimum Gasteiger partial charge on any atom is -0.352 e. The second-order valence-electron chi connectivity index (χ2n) is 7.49. The van der Waals surface area contributed by atoms with Gasteiger partial charge in [-0.15, -0.1) is 0 Å². The lowest BCUT2D eigenvalue weighted by atomic mass is 9.95. The van der Waals surface area contributed by atoms with E-state index in [0.717, 1.165) is 29.9 Å². The zero-order chi connectivity index (χ0) is 20.9. The standard InChI is InChI=1S/C25H25N3OS/c1-18-8-5-6-11-22(18)24(19-9-3-2-4-10-19)27-25(30)26-20-13-15-21(16-14-20)28-17-7-12-23(28)29/h2-6,8-11,13-16,24H,7,12,17H2,1H3,(H2,26,27,30). The van der Waals surface area contributed by atoms with E-state index in [1.54, 1.807) is 0 Å². The van der Waals surface area contributed by atoms with Gasteiger partial charge in [0.2, 0.25) is 5.91 Å². The SMILES string of the molecule is Cc1ccccc1C(NC(=S)Nc1ccc(N2CCCC2=O)cc1)c1ccccc1. The molecule has 4 nitrogen and oxygen atoms in total. The van der Waals surface area contributed by atoms with Crippen molar-refractivity contribution in [2.45, 2.75) is 25.8 Å². The lowest BCUT2D eigenvalue weighted by Crippen LogP contribution is -2.33. The van der Waals surface area contributed by atoms with Gasteiger partial charge in [0, 0.05) is 24.3 Å². The van der Waals surface area contributed by atoms with Crippen molar-refractivity contribution in [1.29, 1.82) is 0 Å². The summed E-state index contributed by atoms with van der Waals surface area (Å²) < 4.78 is 0. The number of benzene rings is 3. The predicted octanol–water partition coefficient (Wildman–Crippen LogP) is 5.20. The fourth-order valence-corrected chi connectivity index (χ4v) is 4.08. The van der Waals surface area contributed by atoms with Gasteiger partial charge in [-0.1, -0.05) is 54.6 Å². The molecule has 4 rings (SSSR count). The summed E-state index contributed by atoms with van der Waals surface area (Å²) in [4.78, 5) is 13.8. The molecule has 1 fully saturated rings. The van der Waals surface area contributed by atoms with Crippen LogP contribution in [0.4, 0.5) is 11.4 Å². The van der Waals surface area contributed by atoms with Crippen molar-refractivity contribution < 1.29 is 4.79 Å². The zero-order valence-corrected chi connectivity index (χ0v) is 17.8. The van der Waals surface area contributed by atoms with Crippen molar-refractivity contribution in [3.63, 3.8) is 0 Å². The Balaban J connectivity index is 1.49. The maximum absolute atomic E-state index is 11.9. The molecule has 0 saturated carbocycles. The van der Waals surface area contributed by atoms with Gasteiger partial charge < -0.3 is 15.5 Å². The first kappa shape index (κ1) is 20.1. The fraction of sp³-hybridized carbons (Fsp3) is 0.200. The smallest absolute Gasteiger partial charge is 0.227 e. The topological polar surface area (TPSA) is 44.4 Å². The molecule has 1 saturated heterocycles. The van der Waals surface area contributed by atoms with Gasteiger partial charge in [0.25, 0.3) is 0 Å². The van der Waals surface area contributed by atoms with Gasteiger partial charge in [0.1, 0.15) is 0 Å². The van der Waals surface area contributed by atoms with Crippen LogP contribution in [0.1, 0.15) is 35.6 Å². The highest BCUT2D eigenvalue weighted by Crippen LogP contribution is 2.26. The number of carbonyl (C=O) groups excluding carboxylic acids is 1. The third kappa shape index (κ3) is 4.52. The molecular formula is C25H25N3OS. The lowest BCUT2D eigenvalue weighted by molar-refractivity contribution is -0.117. The van der Waals surface area contributed by atoms with Crippen molar-refractivity contribution >= 4 is 34.6 Å². The third-order valence-electron chi connectivity index (χ3n) is 5.42. The highest BCUT2D eigenvalue weighted by molar-refractivity contribution is 7.80. The number of anilines is 2. The van der Waals surface area contributed by atoms with Crippen molar-refractivity contribution in [3.05, 3.63) is 95.6 Å². The first-order valence-electron chi connectivity index (χ1n) is 10.2. The van der Waals surface area contributed by atoms with Gasteiger partial charge in [0.15, 0.2) is 5.11 Å². The van der Waals surface area contributed by atoms with Gasteiger partial charge in [-0.2, -0.15) is 0 Å². The summed E-state index contributed by atoms with van der Waals surface area (Å²) in [5, 5.41) is 7.30. The summed E-state index contributed by atoms with van der Waals surface area (Å²) in [6.07, 6.45) is 1.56. The van der Waals surface area contributed by atoms with Crippen molar-refractivity contribution in [1.82, 2.24) is 5.32 Å². The molecule has 3 aromatic carbocycles. The van der Waals surface area contributed by atoms with Gasteiger partial charge in [-0.25, -0.2) is 0 Å². The van der Waals surface area contributed by atoms with Crippen molar-refractivity contribution in [3.8, 4) is 0 Å². The Kier molecular flexibility index (Phi) is 6.10. The average molecular weight is 416 g/mol. The highest BCUT2D eigenvalue weighted by atomic mass is 32.1. The van der Waals surface area contributed by atoms with Crippen LogP contribution < -0.4 is 15.5 Å². The Morgan fingerprint density at radius 1 is 0.967 bits per heavy atom. The van der Waals surface area contributed by atoms with E-state index in [-0.39, 0.29) is 11.9 Å². The van der Waals surface area contributed by atoms with Crippen LogP contribution in [0, 0.1) is 6.92 Å². The molecule has 1 aliphatic rings. The molecule has 2 N–H and O–H groups in total. The van der Waals surface area contributed by atoms with Crippen LogP contribution in [0.3, 0.4) is 0 Å². The molecule has 1 aliphatic heterocycles. The average Bonchev–Trinajstić information content (AvgIpc) is 3.20. The quantitative estimate of drug-likeness (QED) is 0.563. The molecule has 0 aromatic heterocycles. The third-order valence-corrected chi connectivity index (χ3v) is 5.64. The molecule has 1 unspecified atom stereocenters. The van der Waals surface area contributed by atoms with Crippen LogP contribution in [0.2, 0.25) is 0 Å². The minimum atomic E-state index is -0.0473. The summed E-state index contributed by atoms with van der Waals surface area (Å²) in [5.74, 6) is 0.192. The first-order chi connectivity index (χ1) is 14.6. The number of carbonyl (C=O) groups is 1. The predicted molar refractivity (Wildman–Crippen MR) is 127 cm³/mol. The highest BCUT2D eigenvalue weighted by Gasteiger charge is 2.21. The fourth-order valence-electron chi connectivity index (χ4n) is 3.84. The summed E-state index contributed by atoms with van der Waals surface area (Å²) in [7, 11) is 0. The number of rotatable bonds is 5. The normalized spacial score (nSPS) is 14.4.